The van der Waals surface area contributed by atoms with Crippen LogP contribution >= 0.6 is 11.6 Å². The van der Waals surface area contributed by atoms with Gasteiger partial charge in [0.1, 0.15) is 0 Å². The quantitative estimate of drug-likeness (QED) is 0.716. The lowest BCUT2D eigenvalue weighted by Crippen LogP contribution is -1.91. The smallest absolute Gasteiger partial charge is 0.182 e. The maximum absolute atomic E-state index is 5.84. The Hall–Kier alpha value is -2.07. The Labute approximate surface area is 103 Å². The first kappa shape index (κ1) is 10.1. The normalized spacial score (nSPS) is 10.9. The fourth-order valence-corrected chi connectivity index (χ4v) is 1.75. The minimum Gasteiger partial charge on any atom is -0.397 e. The van der Waals surface area contributed by atoms with Crippen molar-refractivity contribution in [1.82, 2.24) is 14.6 Å². The summed E-state index contributed by atoms with van der Waals surface area (Å²) in [5.74, 6) is 0.660. The number of nitrogens with zero attached hydrogens (tertiary/aromatic N) is 3. The van der Waals surface area contributed by atoms with Gasteiger partial charge in [0, 0.05) is 10.6 Å². The van der Waals surface area contributed by atoms with Crippen molar-refractivity contribution in [2.24, 2.45) is 0 Å². The number of aromatic nitrogens is 3. The van der Waals surface area contributed by atoms with Crippen molar-refractivity contribution in [2.75, 3.05) is 5.73 Å². The van der Waals surface area contributed by atoms with Crippen LogP contribution in [0.4, 0.5) is 5.69 Å². The highest BCUT2D eigenvalue weighted by atomic mass is 35.5. The van der Waals surface area contributed by atoms with Gasteiger partial charge in [-0.2, -0.15) is 0 Å². The Morgan fingerprint density at radius 3 is 2.59 bits per heavy atom. The molecular weight excluding hydrogens is 236 g/mol. The Bertz CT molecular complexity index is 673. The van der Waals surface area contributed by atoms with E-state index in [4.69, 9.17) is 17.3 Å². The molecule has 0 radical (unpaired) electrons. The number of halogens is 1. The molecule has 0 bridgehead atoms. The van der Waals surface area contributed by atoms with E-state index < -0.39 is 0 Å². The minimum atomic E-state index is 0.657. The van der Waals surface area contributed by atoms with Gasteiger partial charge in [0.15, 0.2) is 11.5 Å². The highest BCUT2D eigenvalue weighted by Crippen LogP contribution is 2.19. The molecule has 0 amide bonds. The van der Waals surface area contributed by atoms with Gasteiger partial charge in [0.05, 0.1) is 11.9 Å². The zero-order chi connectivity index (χ0) is 11.8. The summed E-state index contributed by atoms with van der Waals surface area (Å²) >= 11 is 5.84. The number of pyridine rings is 1. The molecule has 0 spiro atoms. The van der Waals surface area contributed by atoms with E-state index in [1.165, 1.54) is 0 Å². The Balaban J connectivity index is 2.14. The highest BCUT2D eigenvalue weighted by molar-refractivity contribution is 6.30. The molecule has 3 aromatic rings. The van der Waals surface area contributed by atoms with Gasteiger partial charge in [-0.1, -0.05) is 11.6 Å². The third-order valence-electron chi connectivity index (χ3n) is 2.46. The molecule has 2 N–H and O–H groups in total. The van der Waals surface area contributed by atoms with Crippen LogP contribution in [0, 0.1) is 0 Å². The minimum absolute atomic E-state index is 0.657. The van der Waals surface area contributed by atoms with Crippen molar-refractivity contribution in [2.45, 2.75) is 0 Å². The number of hydrogen-bond acceptors (Lipinski definition) is 3. The molecule has 0 saturated carbocycles. The number of hydrogen-bond donors (Lipinski definition) is 1. The van der Waals surface area contributed by atoms with Gasteiger partial charge in [0.2, 0.25) is 0 Å². The van der Waals surface area contributed by atoms with Crippen LogP contribution in [-0.2, 0) is 0 Å². The molecule has 1 aromatic carbocycles. The predicted octanol–water partition coefficient (Wildman–Crippen LogP) is 2.63. The van der Waals surface area contributed by atoms with Crippen LogP contribution in [0.25, 0.3) is 17.0 Å². The monoisotopic (exact) mass is 244 g/mol. The van der Waals surface area contributed by atoms with E-state index in [1.54, 1.807) is 16.8 Å². The summed E-state index contributed by atoms with van der Waals surface area (Å²) in [6.45, 7) is 0. The largest absolute Gasteiger partial charge is 0.397 e. The van der Waals surface area contributed by atoms with Crippen LogP contribution in [0.1, 0.15) is 0 Å². The second-order valence-corrected chi connectivity index (χ2v) is 4.14. The second kappa shape index (κ2) is 3.75. The molecule has 2 aromatic heterocycles. The van der Waals surface area contributed by atoms with E-state index in [1.807, 2.05) is 30.3 Å². The first-order chi connectivity index (χ1) is 8.22. The van der Waals surface area contributed by atoms with Gasteiger partial charge in [-0.25, -0.2) is 9.50 Å². The van der Waals surface area contributed by atoms with Crippen LogP contribution in [0.2, 0.25) is 5.02 Å². The van der Waals surface area contributed by atoms with Crippen LogP contribution in [-0.4, -0.2) is 14.6 Å². The lowest BCUT2D eigenvalue weighted by molar-refractivity contribution is 0.968. The molecule has 0 aliphatic heterocycles. The van der Waals surface area contributed by atoms with Gasteiger partial charge in [-0.3, -0.25) is 0 Å². The number of rotatable bonds is 1. The molecule has 0 unspecified atom stereocenters. The van der Waals surface area contributed by atoms with Crippen molar-refractivity contribution in [1.29, 1.82) is 0 Å². The van der Waals surface area contributed by atoms with Crippen molar-refractivity contribution < 1.29 is 0 Å². The maximum Gasteiger partial charge on any atom is 0.182 e. The van der Waals surface area contributed by atoms with Gasteiger partial charge in [-0.05, 0) is 36.4 Å². The van der Waals surface area contributed by atoms with Crippen LogP contribution in [0.5, 0.6) is 0 Å². The summed E-state index contributed by atoms with van der Waals surface area (Å²) in [5.41, 5.74) is 8.04. The SMILES string of the molecule is Nc1ccc2nc(-c3ccc(Cl)cc3)nn2c1. The van der Waals surface area contributed by atoms with Crippen LogP contribution in [0.3, 0.4) is 0 Å². The van der Waals surface area contributed by atoms with Crippen molar-refractivity contribution in [3.05, 3.63) is 47.6 Å². The third-order valence-corrected chi connectivity index (χ3v) is 2.71. The molecule has 84 valence electrons. The summed E-state index contributed by atoms with van der Waals surface area (Å²) in [5, 5.41) is 5.05. The van der Waals surface area contributed by atoms with Crippen molar-refractivity contribution in [3.63, 3.8) is 0 Å². The Morgan fingerprint density at radius 1 is 1.06 bits per heavy atom. The first-order valence-electron chi connectivity index (χ1n) is 5.10. The first-order valence-corrected chi connectivity index (χ1v) is 5.48. The number of nitrogens with two attached hydrogens (primary N) is 1. The molecular formula is C12H9ClN4. The number of anilines is 1. The van der Waals surface area contributed by atoms with Gasteiger partial charge in [0.25, 0.3) is 0 Å². The highest BCUT2D eigenvalue weighted by Gasteiger charge is 2.05. The van der Waals surface area contributed by atoms with E-state index in [0.29, 0.717) is 16.5 Å². The molecule has 3 rings (SSSR count). The van der Waals surface area contributed by atoms with E-state index >= 15 is 0 Å². The molecule has 0 aliphatic carbocycles. The third kappa shape index (κ3) is 1.83. The summed E-state index contributed by atoms with van der Waals surface area (Å²) in [7, 11) is 0. The zero-order valence-electron chi connectivity index (χ0n) is 8.84. The fourth-order valence-electron chi connectivity index (χ4n) is 1.62. The molecule has 2 heterocycles. The lowest BCUT2D eigenvalue weighted by Gasteiger charge is -1.94. The van der Waals surface area contributed by atoms with Crippen molar-refractivity contribution >= 4 is 22.9 Å². The van der Waals surface area contributed by atoms with Crippen LogP contribution < -0.4 is 5.73 Å². The van der Waals surface area contributed by atoms with Gasteiger partial charge in [-0.15, -0.1) is 5.10 Å². The Kier molecular flexibility index (Phi) is 2.23. The lowest BCUT2D eigenvalue weighted by atomic mass is 10.2. The predicted molar refractivity (Wildman–Crippen MR) is 67.8 cm³/mol. The number of fused-ring (bicyclic) bond motifs is 1. The van der Waals surface area contributed by atoms with Gasteiger partial charge < -0.3 is 5.73 Å². The average molecular weight is 245 g/mol. The summed E-state index contributed by atoms with van der Waals surface area (Å²) < 4.78 is 1.67. The molecule has 5 heteroatoms. The topological polar surface area (TPSA) is 56.2 Å². The number of nitrogen functional groups attached to an aromatic ring is 1. The van der Waals surface area contributed by atoms with E-state index in [0.717, 1.165) is 11.2 Å². The van der Waals surface area contributed by atoms with E-state index in [9.17, 15) is 0 Å². The average Bonchev–Trinajstić information content (AvgIpc) is 2.72. The van der Waals surface area contributed by atoms with Crippen molar-refractivity contribution in [3.8, 4) is 11.4 Å². The fraction of sp³-hybridized carbons (Fsp3) is 0. The summed E-state index contributed by atoms with van der Waals surface area (Å²) in [6.07, 6.45) is 1.74. The number of benzene rings is 1. The Morgan fingerprint density at radius 2 is 1.82 bits per heavy atom. The second-order valence-electron chi connectivity index (χ2n) is 3.71. The molecule has 0 aliphatic rings. The maximum atomic E-state index is 5.84. The standard InChI is InChI=1S/C12H9ClN4/c13-9-3-1-8(2-4-9)12-15-11-6-5-10(14)7-17(11)16-12/h1-7H,14H2. The van der Waals surface area contributed by atoms with E-state index in [2.05, 4.69) is 10.1 Å². The van der Waals surface area contributed by atoms with E-state index in [-0.39, 0.29) is 0 Å². The molecule has 17 heavy (non-hydrogen) atoms. The molecule has 4 nitrogen and oxygen atoms in total. The zero-order valence-corrected chi connectivity index (χ0v) is 9.59. The van der Waals surface area contributed by atoms with Crippen LogP contribution in [0.15, 0.2) is 42.6 Å². The summed E-state index contributed by atoms with van der Waals surface area (Å²) in [4.78, 5) is 4.41. The molecule has 0 atom stereocenters. The molecule has 0 saturated heterocycles. The summed E-state index contributed by atoms with van der Waals surface area (Å²) in [6, 6.07) is 11.0. The van der Waals surface area contributed by atoms with Gasteiger partial charge >= 0.3 is 0 Å². The molecule has 0 fully saturated rings.